The predicted molar refractivity (Wildman–Crippen MR) is 70.2 cm³/mol. The number of nitrogens with zero attached hydrogens (tertiary/aromatic N) is 1. The minimum atomic E-state index is -3.53. The van der Waals surface area contributed by atoms with Crippen molar-refractivity contribution < 1.29 is 8.42 Å². The lowest BCUT2D eigenvalue weighted by molar-refractivity contribution is 0.493. The maximum absolute atomic E-state index is 12.2. The highest BCUT2D eigenvalue weighted by atomic mass is 32.2. The van der Waals surface area contributed by atoms with Crippen molar-refractivity contribution in [1.82, 2.24) is 4.31 Å². The maximum Gasteiger partial charge on any atom is 0.245 e. The molecular formula is C12H18N2O2S. The fourth-order valence-corrected chi connectivity index (χ4v) is 2.86. The third-order valence-corrected chi connectivity index (χ3v) is 4.22. The molecule has 0 unspecified atom stereocenters. The second-order valence-corrected chi connectivity index (χ2v) is 6.27. The summed E-state index contributed by atoms with van der Waals surface area (Å²) in [6, 6.07) is 4.92. The van der Waals surface area contributed by atoms with E-state index in [0.29, 0.717) is 0 Å². The van der Waals surface area contributed by atoms with Gasteiger partial charge in [-0.3, -0.25) is 0 Å². The fourth-order valence-electron chi connectivity index (χ4n) is 1.54. The first-order valence-electron chi connectivity index (χ1n) is 5.22. The quantitative estimate of drug-likeness (QED) is 0.658. The standard InChI is InChI=1S/C12H18N2O2S/c1-9(2)8-14(4)17(15,16)12-6-5-10(3)7-11(12)13/h5-7H,1,8,13H2,2-4H3. The van der Waals surface area contributed by atoms with Gasteiger partial charge in [-0.1, -0.05) is 18.2 Å². The zero-order chi connectivity index (χ0) is 13.2. The van der Waals surface area contributed by atoms with Crippen LogP contribution in [0, 0.1) is 6.92 Å². The normalized spacial score (nSPS) is 11.8. The molecule has 0 aliphatic carbocycles. The number of rotatable bonds is 4. The molecular weight excluding hydrogens is 236 g/mol. The number of likely N-dealkylation sites (N-methyl/N-ethyl adjacent to an activating group) is 1. The average Bonchev–Trinajstić information content (AvgIpc) is 2.15. The van der Waals surface area contributed by atoms with Crippen LogP contribution in [0.25, 0.3) is 0 Å². The van der Waals surface area contributed by atoms with Crippen molar-refractivity contribution in [3.05, 3.63) is 35.9 Å². The van der Waals surface area contributed by atoms with E-state index in [1.807, 2.05) is 6.92 Å². The molecule has 4 nitrogen and oxygen atoms in total. The topological polar surface area (TPSA) is 63.4 Å². The van der Waals surface area contributed by atoms with Crippen LogP contribution < -0.4 is 5.73 Å². The molecule has 1 aromatic carbocycles. The van der Waals surface area contributed by atoms with E-state index in [-0.39, 0.29) is 17.1 Å². The highest BCUT2D eigenvalue weighted by molar-refractivity contribution is 7.89. The molecule has 0 saturated heterocycles. The van der Waals surface area contributed by atoms with Crippen molar-refractivity contribution in [2.75, 3.05) is 19.3 Å². The predicted octanol–water partition coefficient (Wildman–Crippen LogP) is 1.77. The Labute approximate surface area is 103 Å². The van der Waals surface area contributed by atoms with Gasteiger partial charge in [0.1, 0.15) is 4.90 Å². The summed E-state index contributed by atoms with van der Waals surface area (Å²) in [6.45, 7) is 7.64. The number of aryl methyl sites for hydroxylation is 1. The highest BCUT2D eigenvalue weighted by Crippen LogP contribution is 2.22. The SMILES string of the molecule is C=C(C)CN(C)S(=O)(=O)c1ccc(C)cc1N. The van der Waals surface area contributed by atoms with Gasteiger partial charge in [-0.05, 0) is 31.5 Å². The van der Waals surface area contributed by atoms with Crippen molar-refractivity contribution >= 4 is 15.7 Å². The number of hydrogen-bond acceptors (Lipinski definition) is 3. The number of nitrogen functional groups attached to an aromatic ring is 1. The van der Waals surface area contributed by atoms with Crippen LogP contribution in [0.1, 0.15) is 12.5 Å². The van der Waals surface area contributed by atoms with Crippen LogP contribution in [0.2, 0.25) is 0 Å². The zero-order valence-corrected chi connectivity index (χ0v) is 11.2. The molecule has 1 rings (SSSR count). The lowest BCUT2D eigenvalue weighted by atomic mass is 10.2. The molecule has 94 valence electrons. The summed E-state index contributed by atoms with van der Waals surface area (Å²) in [4.78, 5) is 0.145. The van der Waals surface area contributed by atoms with Crippen molar-refractivity contribution in [1.29, 1.82) is 0 Å². The zero-order valence-electron chi connectivity index (χ0n) is 10.4. The first-order chi connectivity index (χ1) is 7.75. The minimum absolute atomic E-state index is 0.145. The lowest BCUT2D eigenvalue weighted by Gasteiger charge is -2.18. The van der Waals surface area contributed by atoms with Crippen LogP contribution in [0.4, 0.5) is 5.69 Å². The van der Waals surface area contributed by atoms with E-state index in [2.05, 4.69) is 6.58 Å². The van der Waals surface area contributed by atoms with Gasteiger partial charge >= 0.3 is 0 Å². The summed E-state index contributed by atoms with van der Waals surface area (Å²) < 4.78 is 25.7. The molecule has 0 radical (unpaired) electrons. The summed E-state index contributed by atoms with van der Waals surface area (Å²) in [5.41, 5.74) is 7.74. The van der Waals surface area contributed by atoms with Gasteiger partial charge in [0.25, 0.3) is 0 Å². The second kappa shape index (κ2) is 4.89. The summed E-state index contributed by atoms with van der Waals surface area (Å²) in [5.74, 6) is 0. The third kappa shape index (κ3) is 3.08. The number of sulfonamides is 1. The Morgan fingerprint density at radius 3 is 2.53 bits per heavy atom. The van der Waals surface area contributed by atoms with Crippen LogP contribution >= 0.6 is 0 Å². The van der Waals surface area contributed by atoms with E-state index >= 15 is 0 Å². The molecule has 0 aromatic heterocycles. The van der Waals surface area contributed by atoms with Gasteiger partial charge in [0, 0.05) is 13.6 Å². The van der Waals surface area contributed by atoms with Gasteiger partial charge < -0.3 is 5.73 Å². The average molecular weight is 254 g/mol. The smallest absolute Gasteiger partial charge is 0.245 e. The molecule has 0 bridgehead atoms. The molecule has 0 amide bonds. The summed E-state index contributed by atoms with van der Waals surface area (Å²) in [7, 11) is -2.02. The summed E-state index contributed by atoms with van der Waals surface area (Å²) in [6.07, 6.45) is 0. The van der Waals surface area contributed by atoms with Crippen molar-refractivity contribution in [2.45, 2.75) is 18.7 Å². The van der Waals surface area contributed by atoms with Crippen LogP contribution in [0.3, 0.4) is 0 Å². The van der Waals surface area contributed by atoms with E-state index in [0.717, 1.165) is 11.1 Å². The Kier molecular flexibility index (Phi) is 3.95. The Bertz CT molecular complexity index is 535. The fraction of sp³-hybridized carbons (Fsp3) is 0.333. The molecule has 0 fully saturated rings. The van der Waals surface area contributed by atoms with Crippen LogP contribution in [-0.2, 0) is 10.0 Å². The van der Waals surface area contributed by atoms with E-state index in [9.17, 15) is 8.42 Å². The maximum atomic E-state index is 12.2. The number of anilines is 1. The lowest BCUT2D eigenvalue weighted by Crippen LogP contribution is -2.29. The molecule has 5 heteroatoms. The first-order valence-corrected chi connectivity index (χ1v) is 6.66. The summed E-state index contributed by atoms with van der Waals surface area (Å²) >= 11 is 0. The molecule has 0 atom stereocenters. The van der Waals surface area contributed by atoms with Crippen LogP contribution in [0.5, 0.6) is 0 Å². The molecule has 1 aromatic rings. The van der Waals surface area contributed by atoms with Gasteiger partial charge in [0.2, 0.25) is 10.0 Å². The van der Waals surface area contributed by atoms with E-state index in [1.54, 1.807) is 19.1 Å². The van der Waals surface area contributed by atoms with Crippen LogP contribution in [0.15, 0.2) is 35.2 Å². The minimum Gasteiger partial charge on any atom is -0.398 e. The Morgan fingerprint density at radius 2 is 2.06 bits per heavy atom. The Balaban J connectivity index is 3.17. The van der Waals surface area contributed by atoms with Gasteiger partial charge in [-0.25, -0.2) is 8.42 Å². The Hall–Kier alpha value is -1.33. The third-order valence-electron chi connectivity index (χ3n) is 2.35. The largest absolute Gasteiger partial charge is 0.398 e. The van der Waals surface area contributed by atoms with Crippen LogP contribution in [-0.4, -0.2) is 26.3 Å². The van der Waals surface area contributed by atoms with Gasteiger partial charge in [0.15, 0.2) is 0 Å². The molecule has 17 heavy (non-hydrogen) atoms. The first kappa shape index (κ1) is 13.7. The number of nitrogens with two attached hydrogens (primary N) is 1. The summed E-state index contributed by atoms with van der Waals surface area (Å²) in [5, 5.41) is 0. The van der Waals surface area contributed by atoms with E-state index in [4.69, 9.17) is 5.73 Å². The molecule has 0 spiro atoms. The molecule has 0 aliphatic heterocycles. The molecule has 0 heterocycles. The van der Waals surface area contributed by atoms with Crippen molar-refractivity contribution in [3.8, 4) is 0 Å². The number of hydrogen-bond donors (Lipinski definition) is 1. The van der Waals surface area contributed by atoms with Gasteiger partial charge in [-0.15, -0.1) is 0 Å². The monoisotopic (exact) mass is 254 g/mol. The molecule has 0 saturated carbocycles. The highest BCUT2D eigenvalue weighted by Gasteiger charge is 2.22. The van der Waals surface area contributed by atoms with E-state index < -0.39 is 10.0 Å². The molecule has 0 aliphatic rings. The van der Waals surface area contributed by atoms with Crippen molar-refractivity contribution in [2.24, 2.45) is 0 Å². The number of benzene rings is 1. The Morgan fingerprint density at radius 1 is 1.47 bits per heavy atom. The van der Waals surface area contributed by atoms with Crippen molar-refractivity contribution in [3.63, 3.8) is 0 Å². The molecule has 2 N–H and O–H groups in total. The second-order valence-electron chi connectivity index (χ2n) is 4.26. The van der Waals surface area contributed by atoms with Gasteiger partial charge in [-0.2, -0.15) is 4.31 Å². The van der Waals surface area contributed by atoms with E-state index in [1.165, 1.54) is 17.4 Å². The van der Waals surface area contributed by atoms with Gasteiger partial charge in [0.05, 0.1) is 5.69 Å².